The summed E-state index contributed by atoms with van der Waals surface area (Å²) >= 11 is 12.5. The van der Waals surface area contributed by atoms with Gasteiger partial charge in [-0.25, -0.2) is 9.69 Å². The normalized spacial score (nSPS) is 15.0. The van der Waals surface area contributed by atoms with Gasteiger partial charge in [0.05, 0.1) is 5.69 Å². The van der Waals surface area contributed by atoms with Gasteiger partial charge in [-0.05, 0) is 48.9 Å². The fourth-order valence-electron chi connectivity index (χ4n) is 4.17. The van der Waals surface area contributed by atoms with Crippen LogP contribution in [-0.2, 0) is 11.3 Å². The monoisotopic (exact) mass is 475 g/mol. The van der Waals surface area contributed by atoms with Crippen LogP contribution in [0, 0.1) is 6.92 Å². The number of rotatable bonds is 4. The van der Waals surface area contributed by atoms with Gasteiger partial charge in [-0.3, -0.25) is 4.79 Å². The molecule has 0 bridgehead atoms. The van der Waals surface area contributed by atoms with Gasteiger partial charge in [0, 0.05) is 38.8 Å². The average molecular weight is 476 g/mol. The molecule has 4 aromatic rings. The van der Waals surface area contributed by atoms with E-state index >= 15 is 0 Å². The van der Waals surface area contributed by atoms with Crippen molar-refractivity contribution in [2.75, 3.05) is 4.90 Å². The van der Waals surface area contributed by atoms with E-state index in [-0.39, 0.29) is 5.70 Å². The van der Waals surface area contributed by atoms with E-state index in [1.54, 1.807) is 30.3 Å². The number of halogens is 2. The first-order valence-electron chi connectivity index (χ1n) is 10.4. The molecule has 1 aliphatic rings. The lowest BCUT2D eigenvalue weighted by atomic mass is 10.1. The van der Waals surface area contributed by atoms with Gasteiger partial charge in [-0.2, -0.15) is 0 Å². The fraction of sp³-hybridized carbons (Fsp3) is 0.0769. The number of nitrogens with one attached hydrogen (secondary N) is 1. The van der Waals surface area contributed by atoms with E-state index < -0.39 is 11.9 Å². The molecule has 1 saturated heterocycles. The zero-order valence-corrected chi connectivity index (χ0v) is 19.2. The highest BCUT2D eigenvalue weighted by Gasteiger charge is 2.35. The maximum atomic E-state index is 13.1. The topological polar surface area (TPSA) is 54.3 Å². The molecule has 5 rings (SSSR count). The molecule has 0 saturated carbocycles. The van der Waals surface area contributed by atoms with Crippen LogP contribution in [-0.4, -0.2) is 16.5 Å². The third-order valence-corrected chi connectivity index (χ3v) is 6.40. The largest absolute Gasteiger partial charge is 0.340 e. The molecule has 3 amide bonds. The van der Waals surface area contributed by atoms with Gasteiger partial charge in [0.2, 0.25) is 0 Å². The summed E-state index contributed by atoms with van der Waals surface area (Å²) in [6, 6.07) is 21.9. The Labute approximate surface area is 200 Å². The number of nitrogens with zero attached hydrogens (tertiary/aromatic N) is 2. The highest BCUT2D eigenvalue weighted by molar-refractivity contribution is 6.32. The second kappa shape index (κ2) is 8.43. The van der Waals surface area contributed by atoms with E-state index in [0.717, 1.165) is 32.6 Å². The molecule has 0 spiro atoms. The first kappa shape index (κ1) is 21.3. The minimum atomic E-state index is -0.508. The molecule has 0 radical (unpaired) electrons. The van der Waals surface area contributed by atoms with Crippen molar-refractivity contribution in [1.82, 2.24) is 9.88 Å². The summed E-state index contributed by atoms with van der Waals surface area (Å²) in [7, 11) is 0. The van der Waals surface area contributed by atoms with Crippen molar-refractivity contribution < 1.29 is 9.59 Å². The zero-order chi connectivity index (χ0) is 23.1. The van der Waals surface area contributed by atoms with Crippen molar-refractivity contribution in [3.63, 3.8) is 0 Å². The number of imide groups is 1. The van der Waals surface area contributed by atoms with E-state index in [1.807, 2.05) is 55.5 Å². The number of aromatic nitrogens is 1. The number of amides is 3. The standard InChI is InChI=1S/C26H19Cl2N3O2/c1-16-21(14-23-25(32)31(26(33)29-23)19-9-6-8-18(27)13-19)20-10-3-5-12-24(20)30(16)15-17-7-2-4-11-22(17)28/h2-14H,15H2,1H3,(H,29,33)/b23-14+. The second-order valence-corrected chi connectivity index (χ2v) is 8.65. The van der Waals surface area contributed by atoms with E-state index in [9.17, 15) is 9.59 Å². The highest BCUT2D eigenvalue weighted by Crippen LogP contribution is 2.31. The summed E-state index contributed by atoms with van der Waals surface area (Å²) < 4.78 is 2.17. The number of para-hydroxylation sites is 1. The third-order valence-electron chi connectivity index (χ3n) is 5.80. The summed E-state index contributed by atoms with van der Waals surface area (Å²) in [6.07, 6.45) is 1.74. The van der Waals surface area contributed by atoms with Gasteiger partial charge in [-0.1, -0.05) is 65.7 Å². The van der Waals surface area contributed by atoms with Gasteiger partial charge in [0.15, 0.2) is 0 Å². The Morgan fingerprint density at radius 3 is 2.48 bits per heavy atom. The molecule has 0 unspecified atom stereocenters. The fourth-order valence-corrected chi connectivity index (χ4v) is 4.55. The number of hydrogen-bond donors (Lipinski definition) is 1. The molecule has 33 heavy (non-hydrogen) atoms. The van der Waals surface area contributed by atoms with Crippen LogP contribution in [0.1, 0.15) is 16.8 Å². The average Bonchev–Trinajstić information content (AvgIpc) is 3.23. The van der Waals surface area contributed by atoms with Crippen molar-refractivity contribution in [2.45, 2.75) is 13.5 Å². The van der Waals surface area contributed by atoms with Crippen LogP contribution in [0.5, 0.6) is 0 Å². The lowest BCUT2D eigenvalue weighted by Crippen LogP contribution is -2.30. The smallest absolute Gasteiger partial charge is 0.333 e. The number of anilines is 1. The van der Waals surface area contributed by atoms with E-state index in [0.29, 0.717) is 22.3 Å². The number of carbonyl (C=O) groups is 2. The molecular formula is C26H19Cl2N3O2. The summed E-state index contributed by atoms with van der Waals surface area (Å²) in [4.78, 5) is 26.8. The lowest BCUT2D eigenvalue weighted by molar-refractivity contribution is -0.113. The van der Waals surface area contributed by atoms with Gasteiger partial charge < -0.3 is 9.88 Å². The van der Waals surface area contributed by atoms with Crippen LogP contribution in [0.25, 0.3) is 17.0 Å². The van der Waals surface area contributed by atoms with Crippen LogP contribution in [0.2, 0.25) is 10.0 Å². The summed E-state index contributed by atoms with van der Waals surface area (Å²) in [5, 5.41) is 4.84. The molecule has 1 fully saturated rings. The molecule has 1 N–H and O–H groups in total. The van der Waals surface area contributed by atoms with Gasteiger partial charge >= 0.3 is 6.03 Å². The molecule has 0 aliphatic carbocycles. The summed E-state index contributed by atoms with van der Waals surface area (Å²) in [5.41, 5.74) is 4.49. The minimum Gasteiger partial charge on any atom is -0.340 e. The van der Waals surface area contributed by atoms with Crippen molar-refractivity contribution in [1.29, 1.82) is 0 Å². The number of fused-ring (bicyclic) bond motifs is 1. The third kappa shape index (κ3) is 3.80. The Balaban J connectivity index is 1.58. The van der Waals surface area contributed by atoms with E-state index in [4.69, 9.17) is 23.2 Å². The molecule has 1 aromatic heterocycles. The van der Waals surface area contributed by atoms with Crippen LogP contribution >= 0.6 is 23.2 Å². The van der Waals surface area contributed by atoms with Crippen LogP contribution in [0.3, 0.4) is 0 Å². The van der Waals surface area contributed by atoms with Crippen molar-refractivity contribution in [2.24, 2.45) is 0 Å². The van der Waals surface area contributed by atoms with Crippen molar-refractivity contribution >= 4 is 57.8 Å². The maximum absolute atomic E-state index is 13.1. The van der Waals surface area contributed by atoms with Crippen LogP contribution in [0.4, 0.5) is 10.5 Å². The van der Waals surface area contributed by atoms with Crippen molar-refractivity contribution in [3.05, 3.63) is 105 Å². The molecule has 1 aliphatic heterocycles. The van der Waals surface area contributed by atoms with Crippen LogP contribution < -0.4 is 10.2 Å². The first-order chi connectivity index (χ1) is 15.9. The summed E-state index contributed by atoms with van der Waals surface area (Å²) in [6.45, 7) is 2.59. The van der Waals surface area contributed by atoms with Gasteiger partial charge in [0.1, 0.15) is 5.70 Å². The molecule has 7 heteroatoms. The Kier molecular flexibility index (Phi) is 5.44. The van der Waals surface area contributed by atoms with E-state index in [2.05, 4.69) is 9.88 Å². The predicted octanol–water partition coefficient (Wildman–Crippen LogP) is 6.40. The molecule has 5 nitrogen and oxygen atoms in total. The first-order valence-corrected chi connectivity index (χ1v) is 11.1. The van der Waals surface area contributed by atoms with E-state index in [1.165, 1.54) is 0 Å². The minimum absolute atomic E-state index is 0.212. The van der Waals surface area contributed by atoms with Crippen LogP contribution in [0.15, 0.2) is 78.5 Å². The summed E-state index contributed by atoms with van der Waals surface area (Å²) in [5.74, 6) is -0.426. The van der Waals surface area contributed by atoms with Crippen molar-refractivity contribution in [3.8, 4) is 0 Å². The number of carbonyl (C=O) groups excluding carboxylic acids is 2. The molecule has 164 valence electrons. The molecule has 0 atom stereocenters. The highest BCUT2D eigenvalue weighted by atomic mass is 35.5. The lowest BCUT2D eigenvalue weighted by Gasteiger charge is -2.11. The Morgan fingerprint density at radius 1 is 0.939 bits per heavy atom. The Morgan fingerprint density at radius 2 is 1.70 bits per heavy atom. The quantitative estimate of drug-likeness (QED) is 0.274. The molecular weight excluding hydrogens is 457 g/mol. The number of benzene rings is 3. The predicted molar refractivity (Wildman–Crippen MR) is 133 cm³/mol. The Bertz CT molecular complexity index is 1460. The molecule has 3 aromatic carbocycles. The number of hydrogen-bond acceptors (Lipinski definition) is 2. The molecule has 2 heterocycles. The maximum Gasteiger partial charge on any atom is 0.333 e. The zero-order valence-electron chi connectivity index (χ0n) is 17.7. The number of urea groups is 1. The van der Waals surface area contributed by atoms with Gasteiger partial charge in [-0.15, -0.1) is 0 Å². The Hall–Kier alpha value is -3.54. The van der Waals surface area contributed by atoms with Gasteiger partial charge in [0.25, 0.3) is 5.91 Å². The second-order valence-electron chi connectivity index (χ2n) is 7.80. The SMILES string of the molecule is Cc1c(/C=C2/NC(=O)N(c3cccc(Cl)c3)C2=O)c2ccccc2n1Cc1ccccc1Cl.